The third-order valence-corrected chi connectivity index (χ3v) is 3.07. The molecule has 0 bridgehead atoms. The van der Waals surface area contributed by atoms with Crippen molar-refractivity contribution in [3.05, 3.63) is 70.8 Å². The van der Waals surface area contributed by atoms with Crippen LogP contribution < -0.4 is 5.32 Å². The molecule has 0 aliphatic heterocycles. The predicted molar refractivity (Wildman–Crippen MR) is 80.0 cm³/mol. The fraction of sp³-hybridized carbons (Fsp3) is 0.0588. The molecule has 0 saturated heterocycles. The normalized spacial score (nSPS) is 11.8. The number of nitrogens with zero attached hydrogens (tertiary/aromatic N) is 1. The average Bonchev–Trinajstić information content (AvgIpc) is 2.55. The minimum Gasteiger partial charge on any atom is -0.321 e. The molecule has 0 fully saturated rings. The number of rotatable bonds is 3. The third-order valence-electron chi connectivity index (χ3n) is 3.07. The van der Waals surface area contributed by atoms with Crippen LogP contribution in [0.15, 0.2) is 48.0 Å². The Morgan fingerprint density at radius 3 is 2.48 bits per heavy atom. The lowest BCUT2D eigenvalue weighted by atomic mass is 10.1. The average molecular weight is 352 g/mol. The standard InChI is InChI=1S/C17H9F5N2O/c18-13-4-5-15(19)10(7-13)6-11(9-23)16(25)24-14-3-1-2-12(8-14)17(20,21)22/h1-8H,(H,24,25)/b11-6+. The van der Waals surface area contributed by atoms with E-state index < -0.39 is 34.9 Å². The van der Waals surface area contributed by atoms with E-state index in [0.29, 0.717) is 6.07 Å². The number of nitriles is 1. The second-order valence-electron chi connectivity index (χ2n) is 4.87. The first kappa shape index (κ1) is 18.1. The molecule has 2 rings (SSSR count). The fourth-order valence-electron chi connectivity index (χ4n) is 1.90. The zero-order valence-corrected chi connectivity index (χ0v) is 12.4. The first-order valence-corrected chi connectivity index (χ1v) is 6.76. The molecule has 8 heteroatoms. The molecule has 0 radical (unpaired) electrons. The fourth-order valence-corrected chi connectivity index (χ4v) is 1.90. The van der Waals surface area contributed by atoms with Crippen molar-refractivity contribution in [2.45, 2.75) is 6.18 Å². The summed E-state index contributed by atoms with van der Waals surface area (Å²) in [4.78, 5) is 12.0. The zero-order valence-electron chi connectivity index (χ0n) is 12.4. The summed E-state index contributed by atoms with van der Waals surface area (Å²) in [6, 6.07) is 7.76. The highest BCUT2D eigenvalue weighted by atomic mass is 19.4. The van der Waals surface area contributed by atoms with Crippen molar-refractivity contribution < 1.29 is 26.7 Å². The van der Waals surface area contributed by atoms with Gasteiger partial charge in [-0.3, -0.25) is 4.79 Å². The van der Waals surface area contributed by atoms with Crippen LogP contribution in [0.3, 0.4) is 0 Å². The summed E-state index contributed by atoms with van der Waals surface area (Å²) in [7, 11) is 0. The van der Waals surface area contributed by atoms with Crippen LogP contribution in [0.1, 0.15) is 11.1 Å². The topological polar surface area (TPSA) is 52.9 Å². The van der Waals surface area contributed by atoms with Crippen molar-refractivity contribution in [1.29, 1.82) is 5.26 Å². The minimum atomic E-state index is -4.60. The van der Waals surface area contributed by atoms with E-state index in [2.05, 4.69) is 5.32 Å². The Morgan fingerprint density at radius 2 is 1.84 bits per heavy atom. The predicted octanol–water partition coefficient (Wildman–Crippen LogP) is 4.53. The van der Waals surface area contributed by atoms with Gasteiger partial charge in [0, 0.05) is 11.3 Å². The van der Waals surface area contributed by atoms with Crippen molar-refractivity contribution in [1.82, 2.24) is 0 Å². The molecule has 0 atom stereocenters. The molecular formula is C17H9F5N2O. The summed E-state index contributed by atoms with van der Waals surface area (Å²) >= 11 is 0. The van der Waals surface area contributed by atoms with Crippen molar-refractivity contribution in [2.24, 2.45) is 0 Å². The van der Waals surface area contributed by atoms with Crippen LogP contribution in [0.4, 0.5) is 27.6 Å². The van der Waals surface area contributed by atoms with Crippen molar-refractivity contribution >= 4 is 17.7 Å². The van der Waals surface area contributed by atoms with Crippen LogP contribution in [-0.4, -0.2) is 5.91 Å². The van der Waals surface area contributed by atoms with Gasteiger partial charge in [0.2, 0.25) is 0 Å². The van der Waals surface area contributed by atoms with Gasteiger partial charge in [-0.05, 0) is 42.5 Å². The molecule has 0 saturated carbocycles. The van der Waals surface area contributed by atoms with Crippen molar-refractivity contribution in [2.75, 3.05) is 5.32 Å². The molecule has 0 spiro atoms. The molecule has 0 heterocycles. The van der Waals surface area contributed by atoms with Crippen molar-refractivity contribution in [3.8, 4) is 6.07 Å². The SMILES string of the molecule is N#C/C(=C\c1cc(F)ccc1F)C(=O)Nc1cccc(C(F)(F)F)c1. The van der Waals surface area contributed by atoms with Crippen LogP contribution in [0.5, 0.6) is 0 Å². The molecule has 128 valence electrons. The Bertz CT molecular complexity index is 881. The van der Waals surface area contributed by atoms with Crippen LogP contribution >= 0.6 is 0 Å². The van der Waals surface area contributed by atoms with E-state index in [1.54, 1.807) is 0 Å². The summed E-state index contributed by atoms with van der Waals surface area (Å²) in [6.45, 7) is 0. The number of hydrogen-bond donors (Lipinski definition) is 1. The van der Waals surface area contributed by atoms with E-state index in [0.717, 1.165) is 36.4 Å². The maximum atomic E-state index is 13.6. The number of benzene rings is 2. The van der Waals surface area contributed by atoms with Gasteiger partial charge < -0.3 is 5.32 Å². The Labute approximate surface area is 139 Å². The van der Waals surface area contributed by atoms with Gasteiger partial charge in [-0.1, -0.05) is 6.07 Å². The van der Waals surface area contributed by atoms with E-state index in [-0.39, 0.29) is 11.3 Å². The number of carbonyl (C=O) groups excluding carboxylic acids is 1. The van der Waals surface area contributed by atoms with E-state index in [4.69, 9.17) is 5.26 Å². The van der Waals surface area contributed by atoms with Gasteiger partial charge in [-0.15, -0.1) is 0 Å². The minimum absolute atomic E-state index is 0.194. The molecule has 0 aromatic heterocycles. The monoisotopic (exact) mass is 352 g/mol. The summed E-state index contributed by atoms with van der Waals surface area (Å²) in [5.74, 6) is -2.69. The Morgan fingerprint density at radius 1 is 1.12 bits per heavy atom. The summed E-state index contributed by atoms with van der Waals surface area (Å²) in [6.07, 6.45) is -3.79. The van der Waals surface area contributed by atoms with Crippen LogP contribution in [0.25, 0.3) is 6.08 Å². The Kier molecular flexibility index (Phi) is 5.17. The second-order valence-corrected chi connectivity index (χ2v) is 4.87. The number of amides is 1. The van der Waals surface area contributed by atoms with E-state index in [1.807, 2.05) is 0 Å². The quantitative estimate of drug-likeness (QED) is 0.501. The number of hydrogen-bond acceptors (Lipinski definition) is 2. The lowest BCUT2D eigenvalue weighted by molar-refractivity contribution is -0.137. The smallest absolute Gasteiger partial charge is 0.321 e. The van der Waals surface area contributed by atoms with Gasteiger partial charge in [0.1, 0.15) is 23.3 Å². The molecule has 0 aliphatic carbocycles. The summed E-state index contributed by atoms with van der Waals surface area (Å²) in [5.41, 5.74) is -2.11. The number of halogens is 5. The maximum Gasteiger partial charge on any atom is 0.416 e. The van der Waals surface area contributed by atoms with Gasteiger partial charge in [0.25, 0.3) is 5.91 Å². The molecule has 1 N–H and O–H groups in total. The first-order chi connectivity index (χ1) is 11.7. The van der Waals surface area contributed by atoms with Crippen LogP contribution in [-0.2, 0) is 11.0 Å². The number of alkyl halides is 3. The van der Waals surface area contributed by atoms with Gasteiger partial charge >= 0.3 is 6.18 Å². The van der Waals surface area contributed by atoms with E-state index in [1.165, 1.54) is 12.1 Å². The maximum absolute atomic E-state index is 13.6. The van der Waals surface area contributed by atoms with Crippen molar-refractivity contribution in [3.63, 3.8) is 0 Å². The van der Waals surface area contributed by atoms with Gasteiger partial charge in [-0.2, -0.15) is 18.4 Å². The Balaban J connectivity index is 2.28. The molecule has 2 aromatic carbocycles. The number of anilines is 1. The molecular weight excluding hydrogens is 343 g/mol. The zero-order chi connectivity index (χ0) is 18.6. The molecule has 0 aliphatic rings. The third kappa shape index (κ3) is 4.64. The molecule has 2 aromatic rings. The molecule has 0 unspecified atom stereocenters. The Hall–Kier alpha value is -3.21. The molecule has 1 amide bonds. The van der Waals surface area contributed by atoms with Gasteiger partial charge in [0.05, 0.1) is 5.56 Å². The van der Waals surface area contributed by atoms with E-state index >= 15 is 0 Å². The highest BCUT2D eigenvalue weighted by Crippen LogP contribution is 2.30. The lowest BCUT2D eigenvalue weighted by Gasteiger charge is -2.09. The van der Waals surface area contributed by atoms with E-state index in [9.17, 15) is 26.7 Å². The number of nitrogens with one attached hydrogen (secondary N) is 1. The molecule has 3 nitrogen and oxygen atoms in total. The highest BCUT2D eigenvalue weighted by Gasteiger charge is 2.30. The summed E-state index contributed by atoms with van der Waals surface area (Å²) in [5, 5.41) is 11.1. The largest absolute Gasteiger partial charge is 0.416 e. The molecule has 25 heavy (non-hydrogen) atoms. The van der Waals surface area contributed by atoms with Gasteiger partial charge in [-0.25, -0.2) is 8.78 Å². The highest BCUT2D eigenvalue weighted by molar-refractivity contribution is 6.09. The second kappa shape index (κ2) is 7.13. The van der Waals surface area contributed by atoms with Crippen LogP contribution in [0, 0.1) is 23.0 Å². The summed E-state index contributed by atoms with van der Waals surface area (Å²) < 4.78 is 64.6. The van der Waals surface area contributed by atoms with Gasteiger partial charge in [0.15, 0.2) is 0 Å². The lowest BCUT2D eigenvalue weighted by Crippen LogP contribution is -2.14. The van der Waals surface area contributed by atoms with Crippen LogP contribution in [0.2, 0.25) is 0 Å². The first-order valence-electron chi connectivity index (χ1n) is 6.76. The number of carbonyl (C=O) groups is 1.